The summed E-state index contributed by atoms with van der Waals surface area (Å²) in [6.45, 7) is 2.84. The molecule has 1 aliphatic carbocycles. The first-order valence-corrected chi connectivity index (χ1v) is 11.3. The summed E-state index contributed by atoms with van der Waals surface area (Å²) >= 11 is 0. The molecular formula is C23H30FN5O2. The molecule has 31 heavy (non-hydrogen) atoms. The Morgan fingerprint density at radius 1 is 1.16 bits per heavy atom. The summed E-state index contributed by atoms with van der Waals surface area (Å²) in [6, 6.07) is 4.77. The summed E-state index contributed by atoms with van der Waals surface area (Å²) in [7, 11) is 0. The van der Waals surface area contributed by atoms with Gasteiger partial charge >= 0.3 is 0 Å². The molecule has 1 N–H and O–H groups in total. The fraction of sp³-hybridized carbons (Fsp3) is 0.565. The van der Waals surface area contributed by atoms with E-state index < -0.39 is 0 Å². The highest BCUT2D eigenvalue weighted by molar-refractivity contribution is 5.92. The number of benzene rings is 1. The van der Waals surface area contributed by atoms with Crippen LogP contribution in [0.25, 0.3) is 5.69 Å². The number of carbonyl (C=O) groups excluding carboxylic acids is 2. The lowest BCUT2D eigenvalue weighted by atomic mass is 10.0. The number of nitrogens with zero attached hydrogens (tertiary/aromatic N) is 4. The lowest BCUT2D eigenvalue weighted by molar-refractivity contribution is -0.122. The lowest BCUT2D eigenvalue weighted by Gasteiger charge is -2.32. The number of carbonyl (C=O) groups is 2. The first-order chi connectivity index (χ1) is 15.0. The standard InChI is InChI=1S/C23H30FN5O2/c1-16-14-19(7-8-20(16)24)29-15-21(26-27-29)23(31)28-12-10-18(11-13-28)25-22(30)9-6-17-4-2-3-5-17/h7-8,14-15,17-18H,2-6,9-13H2,1H3,(H,25,30). The largest absolute Gasteiger partial charge is 0.353 e. The van der Waals surface area contributed by atoms with Gasteiger partial charge in [-0.1, -0.05) is 30.9 Å². The fourth-order valence-corrected chi connectivity index (χ4v) is 4.58. The predicted octanol–water partition coefficient (Wildman–Crippen LogP) is 3.41. The number of halogens is 1. The minimum atomic E-state index is -0.284. The first kappa shape index (κ1) is 21.5. The third-order valence-corrected chi connectivity index (χ3v) is 6.52. The number of likely N-dealkylation sites (tertiary alicyclic amines) is 1. The van der Waals surface area contributed by atoms with E-state index in [1.54, 1.807) is 30.2 Å². The van der Waals surface area contributed by atoms with E-state index in [-0.39, 0.29) is 29.4 Å². The zero-order valence-corrected chi connectivity index (χ0v) is 18.0. The van der Waals surface area contributed by atoms with Crippen molar-refractivity contribution < 1.29 is 14.0 Å². The molecule has 0 radical (unpaired) electrons. The van der Waals surface area contributed by atoms with Crippen molar-refractivity contribution in [2.45, 2.75) is 64.3 Å². The van der Waals surface area contributed by atoms with E-state index in [0.29, 0.717) is 30.8 Å². The molecule has 0 spiro atoms. The van der Waals surface area contributed by atoms with Crippen LogP contribution in [0.5, 0.6) is 0 Å². The SMILES string of the molecule is Cc1cc(-n2cc(C(=O)N3CCC(NC(=O)CCC4CCCC4)CC3)nn2)ccc1F. The molecule has 0 atom stereocenters. The highest BCUT2D eigenvalue weighted by Crippen LogP contribution is 2.28. The molecule has 2 heterocycles. The van der Waals surface area contributed by atoms with Crippen LogP contribution in [-0.4, -0.2) is 50.8 Å². The van der Waals surface area contributed by atoms with E-state index in [9.17, 15) is 14.0 Å². The molecule has 1 aliphatic heterocycles. The Kier molecular flexibility index (Phi) is 6.63. The van der Waals surface area contributed by atoms with Crippen LogP contribution >= 0.6 is 0 Å². The molecule has 0 bridgehead atoms. The van der Waals surface area contributed by atoms with Crippen molar-refractivity contribution in [1.29, 1.82) is 0 Å². The van der Waals surface area contributed by atoms with Crippen molar-refractivity contribution in [3.63, 3.8) is 0 Å². The number of hydrogen-bond acceptors (Lipinski definition) is 4. The minimum Gasteiger partial charge on any atom is -0.353 e. The Hall–Kier alpha value is -2.77. The molecule has 2 fully saturated rings. The van der Waals surface area contributed by atoms with Gasteiger partial charge in [0.05, 0.1) is 11.9 Å². The quantitative estimate of drug-likeness (QED) is 0.766. The molecule has 2 amide bonds. The van der Waals surface area contributed by atoms with Crippen molar-refractivity contribution in [3.8, 4) is 5.69 Å². The zero-order valence-electron chi connectivity index (χ0n) is 18.0. The van der Waals surface area contributed by atoms with Crippen LogP contribution in [-0.2, 0) is 4.79 Å². The van der Waals surface area contributed by atoms with E-state index in [4.69, 9.17) is 0 Å². The van der Waals surface area contributed by atoms with Crippen molar-refractivity contribution in [1.82, 2.24) is 25.2 Å². The average molecular weight is 428 g/mol. The maximum absolute atomic E-state index is 13.5. The summed E-state index contributed by atoms with van der Waals surface area (Å²) in [5.74, 6) is 0.399. The van der Waals surface area contributed by atoms with Gasteiger partial charge in [-0.05, 0) is 55.9 Å². The predicted molar refractivity (Wildman–Crippen MR) is 114 cm³/mol. The second-order valence-corrected chi connectivity index (χ2v) is 8.80. The van der Waals surface area contributed by atoms with Crippen molar-refractivity contribution in [3.05, 3.63) is 41.5 Å². The van der Waals surface area contributed by atoms with E-state index in [1.165, 1.54) is 36.4 Å². The maximum atomic E-state index is 13.5. The third-order valence-electron chi connectivity index (χ3n) is 6.52. The maximum Gasteiger partial charge on any atom is 0.276 e. The fourth-order valence-electron chi connectivity index (χ4n) is 4.58. The third kappa shape index (κ3) is 5.29. The normalized spacial score (nSPS) is 17.8. The number of piperidine rings is 1. The molecule has 1 saturated carbocycles. The van der Waals surface area contributed by atoms with E-state index in [0.717, 1.165) is 25.2 Å². The first-order valence-electron chi connectivity index (χ1n) is 11.3. The summed E-state index contributed by atoms with van der Waals surface area (Å²) in [5, 5.41) is 11.2. The number of aryl methyl sites for hydroxylation is 1. The monoisotopic (exact) mass is 427 g/mol. The van der Waals surface area contributed by atoms with Gasteiger partial charge in [-0.3, -0.25) is 9.59 Å². The molecule has 7 nitrogen and oxygen atoms in total. The van der Waals surface area contributed by atoms with Gasteiger partial charge < -0.3 is 10.2 Å². The molecule has 8 heteroatoms. The van der Waals surface area contributed by atoms with Crippen LogP contribution in [0, 0.1) is 18.7 Å². The van der Waals surface area contributed by atoms with E-state index >= 15 is 0 Å². The molecule has 1 saturated heterocycles. The molecule has 2 aromatic rings. The van der Waals surface area contributed by atoms with Crippen LogP contribution < -0.4 is 5.32 Å². The van der Waals surface area contributed by atoms with Gasteiger partial charge in [-0.25, -0.2) is 9.07 Å². The Morgan fingerprint density at radius 2 is 1.90 bits per heavy atom. The molecular weight excluding hydrogens is 397 g/mol. The molecule has 2 aliphatic rings. The summed E-state index contributed by atoms with van der Waals surface area (Å²) in [4.78, 5) is 26.8. The topological polar surface area (TPSA) is 80.1 Å². The smallest absolute Gasteiger partial charge is 0.276 e. The molecule has 166 valence electrons. The highest BCUT2D eigenvalue weighted by Gasteiger charge is 2.26. The highest BCUT2D eigenvalue weighted by atomic mass is 19.1. The van der Waals surface area contributed by atoms with Crippen LogP contribution in [0.3, 0.4) is 0 Å². The van der Waals surface area contributed by atoms with Gasteiger partial charge in [0.2, 0.25) is 5.91 Å². The van der Waals surface area contributed by atoms with Gasteiger partial charge in [0.25, 0.3) is 5.91 Å². The van der Waals surface area contributed by atoms with Gasteiger partial charge in [0.1, 0.15) is 5.82 Å². The molecule has 4 rings (SSSR count). The van der Waals surface area contributed by atoms with Gasteiger partial charge in [-0.2, -0.15) is 0 Å². The van der Waals surface area contributed by atoms with Crippen molar-refractivity contribution >= 4 is 11.8 Å². The van der Waals surface area contributed by atoms with Crippen molar-refractivity contribution in [2.24, 2.45) is 5.92 Å². The van der Waals surface area contributed by atoms with Crippen LogP contribution in [0.2, 0.25) is 0 Å². The number of rotatable bonds is 6. The number of aromatic nitrogens is 3. The summed E-state index contributed by atoms with van der Waals surface area (Å²) in [5.41, 5.74) is 1.43. The minimum absolute atomic E-state index is 0.123. The van der Waals surface area contributed by atoms with Gasteiger partial charge in [-0.15, -0.1) is 5.10 Å². The van der Waals surface area contributed by atoms with Crippen LogP contribution in [0.4, 0.5) is 4.39 Å². The Balaban J connectivity index is 1.26. The Bertz CT molecular complexity index is 930. The number of hydrogen-bond donors (Lipinski definition) is 1. The summed E-state index contributed by atoms with van der Waals surface area (Å²) in [6.07, 6.45) is 9.79. The second-order valence-electron chi connectivity index (χ2n) is 8.80. The van der Waals surface area contributed by atoms with Gasteiger partial charge in [0.15, 0.2) is 5.69 Å². The molecule has 1 aromatic carbocycles. The number of amides is 2. The Labute approximate surface area is 182 Å². The van der Waals surface area contributed by atoms with E-state index in [2.05, 4.69) is 15.6 Å². The molecule has 1 aromatic heterocycles. The molecule has 0 unspecified atom stereocenters. The lowest BCUT2D eigenvalue weighted by Crippen LogP contribution is -2.46. The second kappa shape index (κ2) is 9.58. The van der Waals surface area contributed by atoms with Crippen LogP contribution in [0.15, 0.2) is 24.4 Å². The van der Waals surface area contributed by atoms with E-state index in [1.807, 2.05) is 0 Å². The van der Waals surface area contributed by atoms with Crippen LogP contribution in [0.1, 0.15) is 67.4 Å². The number of nitrogens with one attached hydrogen (secondary N) is 1. The Morgan fingerprint density at radius 3 is 2.61 bits per heavy atom. The zero-order chi connectivity index (χ0) is 21.8. The van der Waals surface area contributed by atoms with Gasteiger partial charge in [0, 0.05) is 25.6 Å². The van der Waals surface area contributed by atoms with Crippen molar-refractivity contribution in [2.75, 3.05) is 13.1 Å². The average Bonchev–Trinajstić information content (AvgIpc) is 3.47. The summed E-state index contributed by atoms with van der Waals surface area (Å²) < 4.78 is 15.0.